The van der Waals surface area contributed by atoms with E-state index in [2.05, 4.69) is 0 Å². The van der Waals surface area contributed by atoms with Gasteiger partial charge in [-0.05, 0) is 19.1 Å². The Morgan fingerprint density at radius 2 is 2.25 bits per heavy atom. The fourth-order valence-electron chi connectivity index (χ4n) is 1.39. The molecule has 1 aromatic carbocycles. The minimum atomic E-state index is -1.05. The fraction of sp³-hybridized carbons (Fsp3) is 0.250. The van der Waals surface area contributed by atoms with Gasteiger partial charge in [-0.3, -0.25) is 0 Å². The molecule has 3 nitrogen and oxygen atoms in total. The van der Waals surface area contributed by atoms with Crippen molar-refractivity contribution in [3.8, 4) is 0 Å². The summed E-state index contributed by atoms with van der Waals surface area (Å²) in [5.41, 5.74) is 0.981. The summed E-state index contributed by atoms with van der Waals surface area (Å²) in [5, 5.41) is 8.54. The number of carboxylic acids is 1. The summed E-state index contributed by atoms with van der Waals surface area (Å²) in [6, 6.07) is 4.60. The van der Waals surface area contributed by atoms with Crippen molar-refractivity contribution in [2.75, 3.05) is 18.5 Å². The first-order chi connectivity index (χ1) is 7.56. The number of aliphatic carboxylic acids is 1. The topological polar surface area (TPSA) is 40.5 Å². The minimum Gasteiger partial charge on any atom is -0.478 e. The molecule has 0 fully saturated rings. The van der Waals surface area contributed by atoms with Gasteiger partial charge in [0.2, 0.25) is 0 Å². The van der Waals surface area contributed by atoms with Crippen LogP contribution < -0.4 is 4.90 Å². The molecule has 0 amide bonds. The van der Waals surface area contributed by atoms with Crippen LogP contribution in [-0.4, -0.2) is 24.7 Å². The van der Waals surface area contributed by atoms with Crippen LogP contribution in [0.2, 0.25) is 0 Å². The minimum absolute atomic E-state index is 0.350. The molecule has 0 aromatic heterocycles. The Morgan fingerprint density at radius 1 is 1.56 bits per heavy atom. The summed E-state index contributed by atoms with van der Waals surface area (Å²) in [6.45, 7) is 2.55. The van der Waals surface area contributed by atoms with E-state index in [1.54, 1.807) is 24.1 Å². The highest BCUT2D eigenvalue weighted by Crippen LogP contribution is 2.24. The average Bonchev–Trinajstić information content (AvgIpc) is 2.25. The third kappa shape index (κ3) is 2.82. The smallest absolute Gasteiger partial charge is 0.328 e. The molecule has 86 valence electrons. The number of nitrogens with zero attached hydrogens (tertiary/aromatic N) is 1. The number of anilines is 1. The van der Waals surface area contributed by atoms with Gasteiger partial charge in [-0.15, -0.1) is 0 Å². The van der Waals surface area contributed by atoms with Crippen molar-refractivity contribution in [3.05, 3.63) is 35.7 Å². The van der Waals surface area contributed by atoms with Crippen molar-refractivity contribution >= 4 is 17.7 Å². The summed E-state index contributed by atoms with van der Waals surface area (Å²) in [5.74, 6) is -1.40. The number of halogens is 1. The van der Waals surface area contributed by atoms with E-state index in [4.69, 9.17) is 5.11 Å². The van der Waals surface area contributed by atoms with Crippen LogP contribution in [0.4, 0.5) is 10.1 Å². The molecule has 0 aliphatic carbocycles. The molecule has 0 aliphatic heterocycles. The van der Waals surface area contributed by atoms with E-state index in [9.17, 15) is 9.18 Å². The lowest BCUT2D eigenvalue weighted by Gasteiger charge is -2.19. The Balaban J connectivity index is 3.17. The van der Waals surface area contributed by atoms with Crippen LogP contribution >= 0.6 is 0 Å². The molecule has 0 bridgehead atoms. The number of benzene rings is 1. The van der Waals surface area contributed by atoms with E-state index in [1.807, 2.05) is 6.92 Å². The maximum absolute atomic E-state index is 13.6. The van der Waals surface area contributed by atoms with Crippen LogP contribution in [0, 0.1) is 5.82 Å². The van der Waals surface area contributed by atoms with E-state index in [0.717, 1.165) is 6.08 Å². The predicted molar refractivity (Wildman–Crippen MR) is 62.0 cm³/mol. The van der Waals surface area contributed by atoms with E-state index in [0.29, 0.717) is 17.8 Å². The van der Waals surface area contributed by atoms with Gasteiger partial charge in [-0.1, -0.05) is 12.1 Å². The van der Waals surface area contributed by atoms with Gasteiger partial charge < -0.3 is 10.0 Å². The molecule has 0 saturated heterocycles. The molecule has 0 atom stereocenters. The number of para-hydroxylation sites is 1. The molecule has 16 heavy (non-hydrogen) atoms. The molecular weight excluding hydrogens is 209 g/mol. The third-order valence-electron chi connectivity index (χ3n) is 2.28. The molecule has 0 aliphatic rings. The molecule has 1 rings (SSSR count). The van der Waals surface area contributed by atoms with Gasteiger partial charge in [0.05, 0.1) is 5.69 Å². The Hall–Kier alpha value is -1.84. The van der Waals surface area contributed by atoms with Gasteiger partial charge in [0.1, 0.15) is 5.82 Å². The van der Waals surface area contributed by atoms with Crippen LogP contribution in [0.15, 0.2) is 24.3 Å². The van der Waals surface area contributed by atoms with Crippen molar-refractivity contribution in [1.29, 1.82) is 0 Å². The monoisotopic (exact) mass is 223 g/mol. The lowest BCUT2D eigenvalue weighted by Crippen LogP contribution is -2.18. The lowest BCUT2D eigenvalue weighted by atomic mass is 10.1. The Bertz CT molecular complexity index is 415. The highest BCUT2D eigenvalue weighted by molar-refractivity contribution is 5.87. The quantitative estimate of drug-likeness (QED) is 0.797. The van der Waals surface area contributed by atoms with Crippen LogP contribution in [-0.2, 0) is 4.79 Å². The van der Waals surface area contributed by atoms with Crippen LogP contribution in [0.25, 0.3) is 6.08 Å². The Labute approximate surface area is 93.8 Å². The summed E-state index contributed by atoms with van der Waals surface area (Å²) in [6.07, 6.45) is 2.40. The maximum Gasteiger partial charge on any atom is 0.328 e. The molecule has 1 N–H and O–H groups in total. The second kappa shape index (κ2) is 5.30. The molecule has 1 aromatic rings. The second-order valence-electron chi connectivity index (χ2n) is 3.36. The van der Waals surface area contributed by atoms with Crippen molar-refractivity contribution in [2.45, 2.75) is 6.92 Å². The van der Waals surface area contributed by atoms with Gasteiger partial charge in [-0.25, -0.2) is 9.18 Å². The number of rotatable bonds is 4. The standard InChI is InChI=1S/C12H14FNO2/c1-3-14(2)12-9(7-8-11(15)16)5-4-6-10(12)13/h4-8H,3H2,1-2H3,(H,15,16)/b8-7+. The van der Waals surface area contributed by atoms with Gasteiger partial charge >= 0.3 is 5.97 Å². The first kappa shape index (κ1) is 12.2. The van der Waals surface area contributed by atoms with Crippen molar-refractivity contribution in [2.24, 2.45) is 0 Å². The van der Waals surface area contributed by atoms with Crippen LogP contribution in [0.5, 0.6) is 0 Å². The summed E-state index contributed by atoms with van der Waals surface area (Å²) < 4.78 is 13.6. The zero-order valence-corrected chi connectivity index (χ0v) is 9.27. The Kier molecular flexibility index (Phi) is 4.05. The highest BCUT2D eigenvalue weighted by atomic mass is 19.1. The van der Waals surface area contributed by atoms with Gasteiger partial charge in [0.15, 0.2) is 0 Å². The highest BCUT2D eigenvalue weighted by Gasteiger charge is 2.09. The Morgan fingerprint density at radius 3 is 2.81 bits per heavy atom. The van der Waals surface area contributed by atoms with Crippen molar-refractivity contribution in [1.82, 2.24) is 0 Å². The summed E-state index contributed by atoms with van der Waals surface area (Å²) in [7, 11) is 1.76. The van der Waals surface area contributed by atoms with Gasteiger partial charge in [0, 0.05) is 25.2 Å². The van der Waals surface area contributed by atoms with E-state index in [-0.39, 0.29) is 5.82 Å². The molecule has 4 heteroatoms. The van der Waals surface area contributed by atoms with Crippen LogP contribution in [0.1, 0.15) is 12.5 Å². The SMILES string of the molecule is CCN(C)c1c(F)cccc1/C=C/C(=O)O. The zero-order valence-electron chi connectivity index (χ0n) is 9.27. The molecule has 0 radical (unpaired) electrons. The number of carboxylic acid groups (broad SMARTS) is 1. The first-order valence-electron chi connectivity index (χ1n) is 4.97. The van der Waals surface area contributed by atoms with Gasteiger partial charge in [-0.2, -0.15) is 0 Å². The molecular formula is C12H14FNO2. The normalized spacial score (nSPS) is 10.7. The first-order valence-corrected chi connectivity index (χ1v) is 4.97. The molecule has 0 unspecified atom stereocenters. The number of hydrogen-bond acceptors (Lipinski definition) is 2. The summed E-state index contributed by atoms with van der Waals surface area (Å²) in [4.78, 5) is 12.1. The zero-order chi connectivity index (χ0) is 12.1. The largest absolute Gasteiger partial charge is 0.478 e. The van der Waals surface area contributed by atoms with Crippen molar-refractivity contribution < 1.29 is 14.3 Å². The van der Waals surface area contributed by atoms with Crippen LogP contribution in [0.3, 0.4) is 0 Å². The third-order valence-corrected chi connectivity index (χ3v) is 2.28. The van der Waals surface area contributed by atoms with E-state index < -0.39 is 5.97 Å². The summed E-state index contributed by atoms with van der Waals surface area (Å²) >= 11 is 0. The average molecular weight is 223 g/mol. The number of carbonyl (C=O) groups is 1. The predicted octanol–water partition coefficient (Wildman–Crippen LogP) is 2.38. The molecule has 0 saturated carbocycles. The lowest BCUT2D eigenvalue weighted by molar-refractivity contribution is -0.131. The molecule has 0 heterocycles. The van der Waals surface area contributed by atoms with E-state index in [1.165, 1.54) is 12.1 Å². The second-order valence-corrected chi connectivity index (χ2v) is 3.36. The van der Waals surface area contributed by atoms with Crippen molar-refractivity contribution in [3.63, 3.8) is 0 Å². The molecule has 0 spiro atoms. The van der Waals surface area contributed by atoms with Gasteiger partial charge in [0.25, 0.3) is 0 Å². The number of hydrogen-bond donors (Lipinski definition) is 1. The maximum atomic E-state index is 13.6. The van der Waals surface area contributed by atoms with E-state index >= 15 is 0 Å². The fourth-order valence-corrected chi connectivity index (χ4v) is 1.39.